The number of carbonyl (C=O) groups is 1. The van der Waals surface area contributed by atoms with Crippen LogP contribution in [0.2, 0.25) is 0 Å². The average molecular weight is 346 g/mol. The molecular weight excluding hydrogens is 318 g/mol. The number of ether oxygens (including phenoxy) is 1. The maximum atomic E-state index is 12.4. The molecule has 0 aromatic heterocycles. The van der Waals surface area contributed by atoms with E-state index in [0.717, 1.165) is 29.0 Å². The maximum absolute atomic E-state index is 12.4. The Kier molecular flexibility index (Phi) is 6.16. The number of rotatable bonds is 6. The normalized spacial score (nSPS) is 24.4. The van der Waals surface area contributed by atoms with Crippen molar-refractivity contribution in [2.24, 2.45) is 5.92 Å². The van der Waals surface area contributed by atoms with Crippen molar-refractivity contribution in [3.63, 3.8) is 0 Å². The largest absolute Gasteiger partial charge is 0.491 e. The van der Waals surface area contributed by atoms with Gasteiger partial charge in [-0.3, -0.25) is 9.69 Å². The summed E-state index contributed by atoms with van der Waals surface area (Å²) in [6.07, 6.45) is 8.97. The molecule has 1 aliphatic heterocycles. The molecule has 2 unspecified atom stereocenters. The summed E-state index contributed by atoms with van der Waals surface area (Å²) in [5.74, 6) is 1.62. The highest BCUT2D eigenvalue weighted by molar-refractivity contribution is 8.01. The van der Waals surface area contributed by atoms with Crippen molar-refractivity contribution < 1.29 is 9.53 Å². The van der Waals surface area contributed by atoms with Gasteiger partial charge < -0.3 is 4.74 Å². The predicted octanol–water partition coefficient (Wildman–Crippen LogP) is 4.81. The van der Waals surface area contributed by atoms with Gasteiger partial charge in [-0.05, 0) is 44.4 Å². The molecule has 4 heteroatoms. The van der Waals surface area contributed by atoms with E-state index in [4.69, 9.17) is 4.74 Å². The zero-order valence-electron chi connectivity index (χ0n) is 15.0. The van der Waals surface area contributed by atoms with Crippen molar-refractivity contribution in [2.45, 2.75) is 45.6 Å². The van der Waals surface area contributed by atoms with Crippen molar-refractivity contribution >= 4 is 17.7 Å². The van der Waals surface area contributed by atoms with E-state index in [9.17, 15) is 4.79 Å². The van der Waals surface area contributed by atoms with Crippen LogP contribution in [-0.2, 0) is 9.53 Å². The Morgan fingerprint density at radius 2 is 2.12 bits per heavy atom. The van der Waals surface area contributed by atoms with Crippen LogP contribution in [0.4, 0.5) is 0 Å². The Hall–Kier alpha value is -1.68. The minimum atomic E-state index is -0.00698. The van der Waals surface area contributed by atoms with Crippen molar-refractivity contribution in [2.75, 3.05) is 5.75 Å². The molecule has 1 amide bonds. The van der Waals surface area contributed by atoms with Crippen LogP contribution in [0.5, 0.6) is 0 Å². The van der Waals surface area contributed by atoms with Crippen LogP contribution in [0, 0.1) is 5.92 Å². The summed E-state index contributed by atoms with van der Waals surface area (Å²) in [5.41, 5.74) is 3.12. The monoisotopic (exact) mass is 345 g/mol. The zero-order chi connectivity index (χ0) is 17.9. The molecule has 0 spiro atoms. The second kappa shape index (κ2) is 7.93. The minimum absolute atomic E-state index is 0.00698. The molecule has 2 atom stereocenters. The van der Waals surface area contributed by atoms with E-state index in [2.05, 4.69) is 20.1 Å². The molecule has 1 heterocycles. The highest BCUT2D eigenvalue weighted by Gasteiger charge is 2.37. The molecule has 1 fully saturated rings. The van der Waals surface area contributed by atoms with Gasteiger partial charge in [0.15, 0.2) is 0 Å². The van der Waals surface area contributed by atoms with Crippen molar-refractivity contribution in [1.29, 1.82) is 0 Å². The van der Waals surface area contributed by atoms with Gasteiger partial charge in [0.25, 0.3) is 0 Å². The molecule has 0 saturated carbocycles. The number of hydrogen-bond acceptors (Lipinski definition) is 3. The molecule has 1 saturated heterocycles. The quantitative estimate of drug-likeness (QED) is 0.511. The molecule has 3 nitrogen and oxygen atoms in total. The molecule has 0 aromatic rings. The Bertz CT molecular complexity index is 628. The molecule has 2 rings (SSSR count). The fraction of sp³-hybridized carbons (Fsp3) is 0.450. The lowest BCUT2D eigenvalue weighted by molar-refractivity contribution is -0.126. The van der Waals surface area contributed by atoms with Crippen LogP contribution >= 0.6 is 11.8 Å². The van der Waals surface area contributed by atoms with Gasteiger partial charge in [0.1, 0.15) is 11.1 Å². The molecule has 130 valence electrons. The average Bonchev–Trinajstić information content (AvgIpc) is 2.88. The molecule has 1 aliphatic carbocycles. The van der Waals surface area contributed by atoms with E-state index >= 15 is 0 Å². The van der Waals surface area contributed by atoms with Crippen molar-refractivity contribution in [3.8, 4) is 0 Å². The first-order chi connectivity index (χ1) is 11.3. The number of nitrogens with zero attached hydrogens (tertiary/aromatic N) is 1. The van der Waals surface area contributed by atoms with Gasteiger partial charge >= 0.3 is 0 Å². The van der Waals surface area contributed by atoms with Crippen LogP contribution in [0.3, 0.4) is 0 Å². The van der Waals surface area contributed by atoms with Gasteiger partial charge in [0, 0.05) is 11.6 Å². The first-order valence-corrected chi connectivity index (χ1v) is 9.41. The van der Waals surface area contributed by atoms with E-state index in [1.165, 1.54) is 0 Å². The SMILES string of the molecule is C=C(OC(C)C)C1=CC=C(N2C(=O)CSC2C(=C)/C=C\C)C(C)C1. The summed E-state index contributed by atoms with van der Waals surface area (Å²) in [6.45, 7) is 16.3. The Morgan fingerprint density at radius 3 is 2.71 bits per heavy atom. The minimum Gasteiger partial charge on any atom is -0.491 e. The van der Waals surface area contributed by atoms with E-state index in [-0.39, 0.29) is 23.3 Å². The van der Waals surface area contributed by atoms with E-state index in [1.807, 2.05) is 50.0 Å². The van der Waals surface area contributed by atoms with Crippen LogP contribution in [0.25, 0.3) is 0 Å². The van der Waals surface area contributed by atoms with Gasteiger partial charge in [0.2, 0.25) is 5.91 Å². The second-order valence-corrected chi connectivity index (χ2v) is 7.55. The Morgan fingerprint density at radius 1 is 1.42 bits per heavy atom. The molecule has 2 aliphatic rings. The van der Waals surface area contributed by atoms with Gasteiger partial charge in [-0.15, -0.1) is 11.8 Å². The maximum Gasteiger partial charge on any atom is 0.238 e. The summed E-state index contributed by atoms with van der Waals surface area (Å²) in [4.78, 5) is 14.3. The van der Waals surface area contributed by atoms with Crippen LogP contribution in [0.15, 0.2) is 60.1 Å². The number of thioether (sulfide) groups is 1. The first-order valence-electron chi connectivity index (χ1n) is 8.37. The Balaban J connectivity index is 2.25. The van der Waals surface area contributed by atoms with Crippen LogP contribution < -0.4 is 0 Å². The molecule has 0 bridgehead atoms. The summed E-state index contributed by atoms with van der Waals surface area (Å²) < 4.78 is 5.71. The van der Waals surface area contributed by atoms with E-state index < -0.39 is 0 Å². The molecule has 24 heavy (non-hydrogen) atoms. The van der Waals surface area contributed by atoms with Crippen molar-refractivity contribution in [1.82, 2.24) is 4.90 Å². The number of carbonyl (C=O) groups excluding carboxylic acids is 1. The van der Waals surface area contributed by atoms with Crippen LogP contribution in [0.1, 0.15) is 34.1 Å². The third-order valence-corrected chi connectivity index (χ3v) is 5.31. The smallest absolute Gasteiger partial charge is 0.238 e. The third-order valence-electron chi connectivity index (χ3n) is 4.07. The molecular formula is C20H27NO2S. The molecule has 0 aromatic carbocycles. The molecule has 0 radical (unpaired) electrons. The fourth-order valence-corrected chi connectivity index (χ4v) is 4.13. The summed E-state index contributed by atoms with van der Waals surface area (Å²) >= 11 is 1.64. The number of amides is 1. The number of hydrogen-bond donors (Lipinski definition) is 0. The molecule has 0 N–H and O–H groups in total. The first kappa shape index (κ1) is 18.7. The highest BCUT2D eigenvalue weighted by Crippen LogP contribution is 2.39. The van der Waals surface area contributed by atoms with E-state index in [0.29, 0.717) is 5.75 Å². The summed E-state index contributed by atoms with van der Waals surface area (Å²) in [5, 5.41) is -0.00698. The van der Waals surface area contributed by atoms with E-state index in [1.54, 1.807) is 11.8 Å². The standard InChI is InChI=1S/C20H27NO2S/c1-7-8-14(4)20-21(19(22)12-24-20)18-10-9-17(11-15(18)5)16(6)23-13(2)3/h7-10,13,15,20H,4,6,11-12H2,1-3,5H3/b8-7-. The highest BCUT2D eigenvalue weighted by atomic mass is 32.2. The lowest BCUT2D eigenvalue weighted by Gasteiger charge is -2.33. The van der Waals surface area contributed by atoms with Crippen molar-refractivity contribution in [3.05, 3.63) is 60.1 Å². The summed E-state index contributed by atoms with van der Waals surface area (Å²) in [7, 11) is 0. The third kappa shape index (κ3) is 4.04. The second-order valence-electron chi connectivity index (χ2n) is 6.48. The Labute approximate surface area is 149 Å². The fourth-order valence-electron chi connectivity index (χ4n) is 3.01. The zero-order valence-corrected chi connectivity index (χ0v) is 15.9. The van der Waals surface area contributed by atoms with Gasteiger partial charge in [-0.2, -0.15) is 0 Å². The van der Waals surface area contributed by atoms with Gasteiger partial charge in [0.05, 0.1) is 11.9 Å². The topological polar surface area (TPSA) is 29.5 Å². The predicted molar refractivity (Wildman–Crippen MR) is 102 cm³/mol. The van der Waals surface area contributed by atoms with Gasteiger partial charge in [-0.1, -0.05) is 38.3 Å². The summed E-state index contributed by atoms with van der Waals surface area (Å²) in [6, 6.07) is 0. The number of allylic oxidation sites excluding steroid dienone is 5. The lowest BCUT2D eigenvalue weighted by Crippen LogP contribution is -2.36. The van der Waals surface area contributed by atoms with Gasteiger partial charge in [-0.25, -0.2) is 0 Å². The lowest BCUT2D eigenvalue weighted by atomic mass is 9.90. The van der Waals surface area contributed by atoms with Crippen LogP contribution in [-0.4, -0.2) is 28.0 Å².